The van der Waals surface area contributed by atoms with E-state index >= 15 is 0 Å². The van der Waals surface area contributed by atoms with Crippen LogP contribution in [0.3, 0.4) is 0 Å². The van der Waals surface area contributed by atoms with E-state index in [1.165, 1.54) is 5.56 Å². The molecule has 0 unspecified atom stereocenters. The van der Waals surface area contributed by atoms with Crippen molar-refractivity contribution in [3.63, 3.8) is 0 Å². The average Bonchev–Trinajstić information content (AvgIpc) is 2.82. The van der Waals surface area contributed by atoms with E-state index in [4.69, 9.17) is 15.0 Å². The number of hydrogen-bond acceptors (Lipinski definition) is 4. The van der Waals surface area contributed by atoms with Crippen LogP contribution in [0.1, 0.15) is 11.1 Å². The Hall–Kier alpha value is -1.81. The van der Waals surface area contributed by atoms with Crippen LogP contribution in [0, 0.1) is 0 Å². The van der Waals surface area contributed by atoms with Gasteiger partial charge in [-0.05, 0) is 30.7 Å². The molecule has 0 radical (unpaired) electrons. The number of rotatable bonds is 5. The van der Waals surface area contributed by atoms with E-state index in [9.17, 15) is 0 Å². The van der Waals surface area contributed by atoms with Crippen molar-refractivity contribution in [1.29, 1.82) is 0 Å². The van der Waals surface area contributed by atoms with Gasteiger partial charge in [-0.2, -0.15) is 0 Å². The molecule has 0 bridgehead atoms. The van der Waals surface area contributed by atoms with Gasteiger partial charge in [0, 0.05) is 5.56 Å². The van der Waals surface area contributed by atoms with Crippen molar-refractivity contribution in [1.82, 2.24) is 5.16 Å². The van der Waals surface area contributed by atoms with Crippen LogP contribution in [-0.2, 0) is 13.0 Å². The summed E-state index contributed by atoms with van der Waals surface area (Å²) in [5, 5.41) is 3.60. The van der Waals surface area contributed by atoms with Crippen molar-refractivity contribution in [3.8, 4) is 5.75 Å². The minimum atomic E-state index is 0.472. The van der Waals surface area contributed by atoms with Crippen LogP contribution in [0.4, 0.5) is 0 Å². The van der Waals surface area contributed by atoms with Crippen LogP contribution in [0.25, 0.3) is 0 Å². The first kappa shape index (κ1) is 10.7. The highest BCUT2D eigenvalue weighted by molar-refractivity contribution is 5.27. The van der Waals surface area contributed by atoms with E-state index in [1.807, 2.05) is 24.3 Å². The summed E-state index contributed by atoms with van der Waals surface area (Å²) in [5.41, 5.74) is 7.62. The van der Waals surface area contributed by atoms with Gasteiger partial charge in [-0.25, -0.2) is 0 Å². The number of aromatic nitrogens is 1. The number of nitrogens with zero attached hydrogens (tertiary/aromatic N) is 1. The highest BCUT2D eigenvalue weighted by atomic mass is 16.5. The van der Waals surface area contributed by atoms with E-state index in [1.54, 1.807) is 12.5 Å². The summed E-state index contributed by atoms with van der Waals surface area (Å²) < 4.78 is 10.3. The smallest absolute Gasteiger partial charge is 0.130 e. The van der Waals surface area contributed by atoms with Crippen molar-refractivity contribution in [2.75, 3.05) is 6.54 Å². The van der Waals surface area contributed by atoms with Gasteiger partial charge < -0.3 is 15.0 Å². The zero-order chi connectivity index (χ0) is 11.2. The maximum atomic E-state index is 5.55. The highest BCUT2D eigenvalue weighted by Gasteiger charge is 1.98. The van der Waals surface area contributed by atoms with E-state index in [0.717, 1.165) is 17.7 Å². The number of hydrogen-bond donors (Lipinski definition) is 1. The molecule has 0 saturated carbocycles. The van der Waals surface area contributed by atoms with Crippen molar-refractivity contribution in [2.45, 2.75) is 13.0 Å². The third kappa shape index (κ3) is 2.84. The zero-order valence-electron chi connectivity index (χ0n) is 8.93. The Kier molecular flexibility index (Phi) is 3.56. The molecule has 0 atom stereocenters. The van der Waals surface area contributed by atoms with Crippen molar-refractivity contribution in [3.05, 3.63) is 47.9 Å². The molecule has 2 aromatic rings. The van der Waals surface area contributed by atoms with Gasteiger partial charge in [0.1, 0.15) is 18.6 Å². The fourth-order valence-electron chi connectivity index (χ4n) is 1.38. The zero-order valence-corrected chi connectivity index (χ0v) is 8.93. The molecule has 0 fully saturated rings. The van der Waals surface area contributed by atoms with Crippen LogP contribution in [-0.4, -0.2) is 11.7 Å². The summed E-state index contributed by atoms with van der Waals surface area (Å²) in [4.78, 5) is 0. The molecule has 0 aliphatic carbocycles. The van der Waals surface area contributed by atoms with Crippen LogP contribution in [0.5, 0.6) is 5.75 Å². The lowest BCUT2D eigenvalue weighted by Crippen LogP contribution is -2.02. The van der Waals surface area contributed by atoms with Gasteiger partial charge in [-0.15, -0.1) is 0 Å². The Morgan fingerprint density at radius 2 is 2.00 bits per heavy atom. The molecule has 4 nitrogen and oxygen atoms in total. The lowest BCUT2D eigenvalue weighted by molar-refractivity contribution is 0.304. The van der Waals surface area contributed by atoms with E-state index in [2.05, 4.69) is 5.16 Å². The first-order chi connectivity index (χ1) is 7.88. The molecule has 0 amide bonds. The molecular weight excluding hydrogens is 204 g/mol. The van der Waals surface area contributed by atoms with Gasteiger partial charge in [0.25, 0.3) is 0 Å². The topological polar surface area (TPSA) is 61.3 Å². The van der Waals surface area contributed by atoms with E-state index in [-0.39, 0.29) is 0 Å². The largest absolute Gasteiger partial charge is 0.489 e. The lowest BCUT2D eigenvalue weighted by Gasteiger charge is -2.05. The Morgan fingerprint density at radius 3 is 2.62 bits per heavy atom. The van der Waals surface area contributed by atoms with Gasteiger partial charge >= 0.3 is 0 Å². The summed E-state index contributed by atoms with van der Waals surface area (Å²) in [5.74, 6) is 0.835. The van der Waals surface area contributed by atoms with E-state index < -0.39 is 0 Å². The third-order valence-corrected chi connectivity index (χ3v) is 2.25. The van der Waals surface area contributed by atoms with Crippen molar-refractivity contribution in [2.24, 2.45) is 5.73 Å². The molecule has 1 aromatic heterocycles. The Morgan fingerprint density at radius 1 is 1.19 bits per heavy atom. The van der Waals surface area contributed by atoms with Gasteiger partial charge in [0.05, 0.1) is 6.20 Å². The average molecular weight is 218 g/mol. The van der Waals surface area contributed by atoms with E-state index in [0.29, 0.717) is 13.2 Å². The fourth-order valence-corrected chi connectivity index (χ4v) is 1.38. The molecule has 1 heterocycles. The molecule has 0 aliphatic heterocycles. The van der Waals surface area contributed by atoms with Crippen molar-refractivity contribution >= 4 is 0 Å². The second-order valence-corrected chi connectivity index (χ2v) is 3.50. The summed E-state index contributed by atoms with van der Waals surface area (Å²) in [6, 6.07) is 7.93. The van der Waals surface area contributed by atoms with Gasteiger partial charge in [-0.3, -0.25) is 0 Å². The first-order valence-corrected chi connectivity index (χ1v) is 5.18. The number of nitrogens with two attached hydrogens (primary N) is 1. The standard InChI is InChI=1S/C12H14N2O2/c13-6-5-10-1-3-12(4-2-10)15-8-11-7-14-16-9-11/h1-4,7,9H,5-6,8,13H2. The second-order valence-electron chi connectivity index (χ2n) is 3.50. The SMILES string of the molecule is NCCc1ccc(OCc2cnoc2)cc1. The molecule has 2 N–H and O–H groups in total. The summed E-state index contributed by atoms with van der Waals surface area (Å²) in [6.45, 7) is 1.14. The molecule has 84 valence electrons. The van der Waals surface area contributed by atoms with Crippen LogP contribution >= 0.6 is 0 Å². The fraction of sp³-hybridized carbons (Fsp3) is 0.250. The monoisotopic (exact) mass is 218 g/mol. The Balaban J connectivity index is 1.90. The minimum absolute atomic E-state index is 0.472. The summed E-state index contributed by atoms with van der Waals surface area (Å²) in [6.07, 6.45) is 4.11. The van der Waals surface area contributed by atoms with Crippen LogP contribution in [0.2, 0.25) is 0 Å². The minimum Gasteiger partial charge on any atom is -0.489 e. The predicted molar refractivity (Wildman–Crippen MR) is 60.0 cm³/mol. The lowest BCUT2D eigenvalue weighted by atomic mass is 10.1. The Labute approximate surface area is 94.0 Å². The molecule has 0 spiro atoms. The molecular formula is C12H14N2O2. The number of ether oxygens (including phenoxy) is 1. The second kappa shape index (κ2) is 5.32. The highest BCUT2D eigenvalue weighted by Crippen LogP contribution is 2.14. The van der Waals surface area contributed by atoms with Crippen molar-refractivity contribution < 1.29 is 9.26 Å². The molecule has 16 heavy (non-hydrogen) atoms. The molecule has 4 heteroatoms. The van der Waals surface area contributed by atoms with Crippen LogP contribution < -0.4 is 10.5 Å². The van der Waals surface area contributed by atoms with Gasteiger partial charge in [0.2, 0.25) is 0 Å². The van der Waals surface area contributed by atoms with Gasteiger partial charge in [0.15, 0.2) is 0 Å². The quantitative estimate of drug-likeness (QED) is 0.830. The third-order valence-electron chi connectivity index (χ3n) is 2.25. The maximum Gasteiger partial charge on any atom is 0.130 e. The molecule has 1 aromatic carbocycles. The summed E-state index contributed by atoms with van der Waals surface area (Å²) in [7, 11) is 0. The normalized spacial score (nSPS) is 10.3. The predicted octanol–water partition coefficient (Wildman–Crippen LogP) is 1.75. The van der Waals surface area contributed by atoms with Crippen LogP contribution in [0.15, 0.2) is 41.2 Å². The molecule has 0 saturated heterocycles. The Bertz CT molecular complexity index is 409. The molecule has 2 rings (SSSR count). The maximum absolute atomic E-state index is 5.55. The first-order valence-electron chi connectivity index (χ1n) is 5.18. The number of benzene rings is 1. The van der Waals surface area contributed by atoms with Gasteiger partial charge in [-0.1, -0.05) is 17.3 Å². The molecule has 0 aliphatic rings. The summed E-state index contributed by atoms with van der Waals surface area (Å²) >= 11 is 0.